The Morgan fingerprint density at radius 3 is 1.29 bits per heavy atom. The van der Waals surface area contributed by atoms with E-state index in [1.165, 1.54) is 128 Å². The first-order valence-corrected chi connectivity index (χ1v) is 18.2. The first kappa shape index (κ1) is 40.6. The van der Waals surface area contributed by atoms with E-state index >= 15 is 0 Å². The third-order valence-electron chi connectivity index (χ3n) is 8.06. The summed E-state index contributed by atoms with van der Waals surface area (Å²) in [6.45, 7) is 4.12. The predicted molar refractivity (Wildman–Crippen MR) is 178 cm³/mol. The number of unbranched alkanes of at least 4 members (excludes halogenated alkanes) is 23. The van der Waals surface area contributed by atoms with Crippen LogP contribution in [-0.4, -0.2) is 36.4 Å². The molecule has 42 heavy (non-hydrogen) atoms. The molecule has 248 valence electrons. The fourth-order valence-corrected chi connectivity index (χ4v) is 5.25. The number of allylic oxidation sites excluding steroid dienone is 2. The van der Waals surface area contributed by atoms with Crippen LogP contribution in [0.5, 0.6) is 0 Å². The smallest absolute Gasteiger partial charge is 0.306 e. The van der Waals surface area contributed by atoms with Crippen LogP contribution in [0.15, 0.2) is 12.2 Å². The molecule has 0 saturated carbocycles. The normalized spacial score (nSPS) is 12.2. The van der Waals surface area contributed by atoms with E-state index in [1.807, 2.05) is 0 Å². The van der Waals surface area contributed by atoms with E-state index in [4.69, 9.17) is 9.47 Å². The molecule has 5 heteroatoms. The summed E-state index contributed by atoms with van der Waals surface area (Å²) in [5, 5.41) is 9.51. The summed E-state index contributed by atoms with van der Waals surface area (Å²) < 4.78 is 10.6. The Morgan fingerprint density at radius 1 is 0.524 bits per heavy atom. The highest BCUT2D eigenvalue weighted by molar-refractivity contribution is 5.70. The molecular weight excluding hydrogens is 524 g/mol. The van der Waals surface area contributed by atoms with Crippen molar-refractivity contribution in [3.05, 3.63) is 12.2 Å². The lowest BCUT2D eigenvalue weighted by molar-refractivity contribution is -0.161. The maximum atomic E-state index is 12.1. The second kappa shape index (κ2) is 34.1. The number of esters is 2. The minimum atomic E-state index is -0.765. The van der Waals surface area contributed by atoms with E-state index < -0.39 is 6.10 Å². The van der Waals surface area contributed by atoms with Crippen LogP contribution in [0.1, 0.15) is 194 Å². The molecule has 1 N–H and O–H groups in total. The molecule has 1 unspecified atom stereocenters. The Balaban J connectivity index is 3.53. The number of rotatable bonds is 33. The maximum Gasteiger partial charge on any atom is 0.306 e. The van der Waals surface area contributed by atoms with Crippen molar-refractivity contribution in [1.82, 2.24) is 0 Å². The van der Waals surface area contributed by atoms with Gasteiger partial charge in [-0.05, 0) is 38.5 Å². The fourth-order valence-electron chi connectivity index (χ4n) is 5.25. The number of hydrogen-bond acceptors (Lipinski definition) is 5. The van der Waals surface area contributed by atoms with Crippen molar-refractivity contribution in [2.24, 2.45) is 0 Å². The Morgan fingerprint density at radius 2 is 0.881 bits per heavy atom. The van der Waals surface area contributed by atoms with Gasteiger partial charge in [0, 0.05) is 12.8 Å². The molecule has 0 amide bonds. The summed E-state index contributed by atoms with van der Waals surface area (Å²) in [7, 11) is 0. The van der Waals surface area contributed by atoms with Crippen LogP contribution in [0.3, 0.4) is 0 Å². The SMILES string of the molecule is CCCCCCCCC/C=C\CCCCCCCCCC(=O)OC(CO)COC(=O)CCCCCCCCCCCC. The highest BCUT2D eigenvalue weighted by Crippen LogP contribution is 2.13. The predicted octanol–water partition coefficient (Wildman–Crippen LogP) is 11.0. The number of carbonyl (C=O) groups is 2. The molecule has 0 aromatic heterocycles. The second-order valence-corrected chi connectivity index (χ2v) is 12.3. The molecule has 0 aliphatic heterocycles. The minimum Gasteiger partial charge on any atom is -0.462 e. The van der Waals surface area contributed by atoms with Crippen LogP contribution in [-0.2, 0) is 19.1 Å². The monoisotopic (exact) mass is 595 g/mol. The van der Waals surface area contributed by atoms with Gasteiger partial charge in [-0.15, -0.1) is 0 Å². The van der Waals surface area contributed by atoms with Gasteiger partial charge in [-0.2, -0.15) is 0 Å². The number of aliphatic hydroxyl groups excluding tert-OH is 1. The first-order chi connectivity index (χ1) is 20.6. The van der Waals surface area contributed by atoms with Crippen LogP contribution >= 0.6 is 0 Å². The topological polar surface area (TPSA) is 72.8 Å². The van der Waals surface area contributed by atoms with E-state index in [0.29, 0.717) is 12.8 Å². The fraction of sp³-hybridized carbons (Fsp3) is 0.892. The number of aliphatic hydroxyl groups is 1. The molecule has 1 atom stereocenters. The molecular formula is C37H70O5. The zero-order valence-electron chi connectivity index (χ0n) is 28.0. The van der Waals surface area contributed by atoms with Gasteiger partial charge >= 0.3 is 11.9 Å². The zero-order chi connectivity index (χ0) is 30.8. The molecule has 0 rings (SSSR count). The van der Waals surface area contributed by atoms with E-state index in [-0.39, 0.29) is 25.2 Å². The molecule has 0 bridgehead atoms. The molecule has 0 spiro atoms. The molecule has 0 radical (unpaired) electrons. The average molecular weight is 595 g/mol. The summed E-state index contributed by atoms with van der Waals surface area (Å²) in [5.41, 5.74) is 0. The van der Waals surface area contributed by atoms with E-state index in [2.05, 4.69) is 26.0 Å². The highest BCUT2D eigenvalue weighted by Gasteiger charge is 2.16. The van der Waals surface area contributed by atoms with E-state index in [9.17, 15) is 14.7 Å². The van der Waals surface area contributed by atoms with Crippen LogP contribution in [0.2, 0.25) is 0 Å². The first-order valence-electron chi connectivity index (χ1n) is 18.2. The van der Waals surface area contributed by atoms with Crippen molar-refractivity contribution in [2.45, 2.75) is 200 Å². The van der Waals surface area contributed by atoms with Gasteiger partial charge < -0.3 is 14.6 Å². The van der Waals surface area contributed by atoms with E-state index in [1.54, 1.807) is 0 Å². The summed E-state index contributed by atoms with van der Waals surface area (Å²) in [4.78, 5) is 24.1. The largest absolute Gasteiger partial charge is 0.462 e. The van der Waals surface area contributed by atoms with E-state index in [0.717, 1.165) is 38.5 Å². The van der Waals surface area contributed by atoms with Gasteiger partial charge in [0.25, 0.3) is 0 Å². The van der Waals surface area contributed by atoms with Crippen molar-refractivity contribution < 1.29 is 24.2 Å². The van der Waals surface area contributed by atoms with Gasteiger partial charge in [0.15, 0.2) is 6.10 Å². The van der Waals surface area contributed by atoms with Gasteiger partial charge in [0.1, 0.15) is 6.61 Å². The number of hydrogen-bond donors (Lipinski definition) is 1. The molecule has 5 nitrogen and oxygen atoms in total. The summed E-state index contributed by atoms with van der Waals surface area (Å²) in [6.07, 6.45) is 37.0. The van der Waals surface area contributed by atoms with Crippen molar-refractivity contribution in [3.63, 3.8) is 0 Å². The molecule has 0 aliphatic carbocycles. The zero-order valence-corrected chi connectivity index (χ0v) is 28.0. The molecule has 0 aliphatic rings. The second-order valence-electron chi connectivity index (χ2n) is 12.3. The lowest BCUT2D eigenvalue weighted by Gasteiger charge is -2.15. The summed E-state index contributed by atoms with van der Waals surface area (Å²) >= 11 is 0. The van der Waals surface area contributed by atoms with Crippen molar-refractivity contribution in [1.29, 1.82) is 0 Å². The van der Waals surface area contributed by atoms with Crippen LogP contribution < -0.4 is 0 Å². The molecule has 0 heterocycles. The van der Waals surface area contributed by atoms with Gasteiger partial charge in [-0.3, -0.25) is 9.59 Å². The number of carbonyl (C=O) groups excluding carboxylic acids is 2. The van der Waals surface area contributed by atoms with Gasteiger partial charge in [-0.25, -0.2) is 0 Å². The summed E-state index contributed by atoms with van der Waals surface area (Å²) in [6, 6.07) is 0. The Labute approximate surface area is 261 Å². The number of ether oxygens (including phenoxy) is 2. The molecule has 0 fully saturated rings. The third-order valence-corrected chi connectivity index (χ3v) is 8.06. The lowest BCUT2D eigenvalue weighted by Crippen LogP contribution is -2.28. The standard InChI is InChI=1S/C37H70O5/c1-3-5-7-9-11-13-15-16-17-18-19-20-21-22-24-26-28-30-32-37(40)42-35(33-38)34-41-36(39)31-29-27-25-23-14-12-10-8-6-4-2/h17-18,35,38H,3-16,19-34H2,1-2H3/b18-17-. The van der Waals surface area contributed by atoms with Crippen molar-refractivity contribution in [2.75, 3.05) is 13.2 Å². The van der Waals surface area contributed by atoms with Crippen LogP contribution in [0.4, 0.5) is 0 Å². The highest BCUT2D eigenvalue weighted by atomic mass is 16.6. The Bertz CT molecular complexity index is 603. The molecule has 0 saturated heterocycles. The third kappa shape index (κ3) is 31.6. The molecule has 0 aromatic rings. The van der Waals surface area contributed by atoms with Crippen molar-refractivity contribution >= 4 is 11.9 Å². The Kier molecular flexibility index (Phi) is 33.0. The minimum absolute atomic E-state index is 0.0624. The van der Waals surface area contributed by atoms with Gasteiger partial charge in [0.2, 0.25) is 0 Å². The quantitative estimate of drug-likeness (QED) is 0.0465. The summed E-state index contributed by atoms with van der Waals surface area (Å²) in [5.74, 6) is -0.591. The maximum absolute atomic E-state index is 12.1. The van der Waals surface area contributed by atoms with Gasteiger partial charge in [0.05, 0.1) is 6.61 Å². The van der Waals surface area contributed by atoms with Gasteiger partial charge in [-0.1, -0.05) is 154 Å². The van der Waals surface area contributed by atoms with Crippen LogP contribution in [0.25, 0.3) is 0 Å². The van der Waals surface area contributed by atoms with Crippen molar-refractivity contribution in [3.8, 4) is 0 Å². The molecule has 0 aromatic carbocycles. The Hall–Kier alpha value is -1.36. The average Bonchev–Trinajstić information content (AvgIpc) is 2.99. The van der Waals surface area contributed by atoms with Crippen LogP contribution in [0, 0.1) is 0 Å². The lowest BCUT2D eigenvalue weighted by atomic mass is 10.1.